The van der Waals surface area contributed by atoms with E-state index in [0.717, 1.165) is 17.9 Å². The van der Waals surface area contributed by atoms with Gasteiger partial charge in [-0.05, 0) is 55.5 Å². The molecule has 1 aliphatic rings. The van der Waals surface area contributed by atoms with Gasteiger partial charge in [-0.1, -0.05) is 12.1 Å². The third kappa shape index (κ3) is 2.21. The van der Waals surface area contributed by atoms with Gasteiger partial charge < -0.3 is 10.2 Å². The van der Waals surface area contributed by atoms with Crippen LogP contribution in [0.4, 0.5) is 0 Å². The fourth-order valence-electron chi connectivity index (χ4n) is 2.69. The van der Waals surface area contributed by atoms with Crippen molar-refractivity contribution in [2.45, 2.75) is 38.6 Å². The molecule has 94 valence electrons. The molecule has 1 heterocycles. The fourth-order valence-corrected chi connectivity index (χ4v) is 2.69. The summed E-state index contributed by atoms with van der Waals surface area (Å²) in [6.07, 6.45) is 4.51. The third-order valence-corrected chi connectivity index (χ3v) is 3.57. The summed E-state index contributed by atoms with van der Waals surface area (Å²) >= 11 is 0. The summed E-state index contributed by atoms with van der Waals surface area (Å²) < 4.78 is 5.86. The highest BCUT2D eigenvalue weighted by molar-refractivity contribution is 5.60. The van der Waals surface area contributed by atoms with Gasteiger partial charge in [0, 0.05) is 18.0 Å². The van der Waals surface area contributed by atoms with Crippen molar-refractivity contribution in [3.8, 4) is 11.3 Å². The van der Waals surface area contributed by atoms with E-state index in [4.69, 9.17) is 10.2 Å². The van der Waals surface area contributed by atoms with Gasteiger partial charge in [0.25, 0.3) is 0 Å². The van der Waals surface area contributed by atoms with E-state index in [9.17, 15) is 0 Å². The maximum Gasteiger partial charge on any atom is 0.134 e. The number of nitrogens with two attached hydrogens (primary N) is 1. The smallest absolute Gasteiger partial charge is 0.134 e. The highest BCUT2D eigenvalue weighted by Gasteiger charge is 2.13. The average molecular weight is 241 g/mol. The zero-order valence-electron chi connectivity index (χ0n) is 10.8. The van der Waals surface area contributed by atoms with E-state index in [2.05, 4.69) is 18.2 Å². The molecule has 2 N–H and O–H groups in total. The van der Waals surface area contributed by atoms with Crippen molar-refractivity contribution in [1.82, 2.24) is 0 Å². The lowest BCUT2D eigenvalue weighted by Crippen LogP contribution is -2.17. The molecule has 2 heteroatoms. The molecule has 0 bridgehead atoms. The molecule has 0 saturated carbocycles. The first kappa shape index (κ1) is 11.5. The number of fused-ring (bicyclic) bond motifs is 1. The number of hydrogen-bond donors (Lipinski definition) is 1. The Morgan fingerprint density at radius 1 is 1.17 bits per heavy atom. The van der Waals surface area contributed by atoms with Gasteiger partial charge in [0.1, 0.15) is 11.5 Å². The SMILES string of the molecule is CC(N)Cc1ccc(-c2ccc3c(c2)CCC3)o1. The molecular formula is C16H19NO. The van der Waals surface area contributed by atoms with Crippen LogP contribution in [0.25, 0.3) is 11.3 Å². The number of furan rings is 1. The first-order valence-corrected chi connectivity index (χ1v) is 6.69. The molecule has 0 spiro atoms. The summed E-state index contributed by atoms with van der Waals surface area (Å²) in [4.78, 5) is 0. The van der Waals surface area contributed by atoms with E-state index < -0.39 is 0 Å². The minimum absolute atomic E-state index is 0.143. The van der Waals surface area contributed by atoms with Crippen LogP contribution >= 0.6 is 0 Å². The van der Waals surface area contributed by atoms with Gasteiger partial charge >= 0.3 is 0 Å². The lowest BCUT2D eigenvalue weighted by Gasteiger charge is -2.03. The van der Waals surface area contributed by atoms with Gasteiger partial charge in [0.2, 0.25) is 0 Å². The van der Waals surface area contributed by atoms with Crippen LogP contribution in [0.15, 0.2) is 34.7 Å². The Hall–Kier alpha value is -1.54. The zero-order valence-corrected chi connectivity index (χ0v) is 10.8. The van der Waals surface area contributed by atoms with Crippen LogP contribution in [0.1, 0.15) is 30.2 Å². The molecule has 1 atom stereocenters. The minimum Gasteiger partial charge on any atom is -0.461 e. The van der Waals surface area contributed by atoms with E-state index in [1.54, 1.807) is 0 Å². The number of benzene rings is 1. The first-order valence-electron chi connectivity index (χ1n) is 6.69. The minimum atomic E-state index is 0.143. The highest BCUT2D eigenvalue weighted by atomic mass is 16.3. The first-order chi connectivity index (χ1) is 8.72. The van der Waals surface area contributed by atoms with E-state index in [-0.39, 0.29) is 6.04 Å². The summed E-state index contributed by atoms with van der Waals surface area (Å²) in [6.45, 7) is 2.00. The summed E-state index contributed by atoms with van der Waals surface area (Å²) in [6, 6.07) is 10.9. The molecule has 18 heavy (non-hydrogen) atoms. The molecule has 2 nitrogen and oxygen atoms in total. The van der Waals surface area contributed by atoms with Crippen molar-refractivity contribution < 1.29 is 4.42 Å². The monoisotopic (exact) mass is 241 g/mol. The Labute approximate surface area is 108 Å². The topological polar surface area (TPSA) is 39.2 Å². The van der Waals surface area contributed by atoms with Gasteiger partial charge in [0.15, 0.2) is 0 Å². The zero-order chi connectivity index (χ0) is 12.5. The van der Waals surface area contributed by atoms with E-state index >= 15 is 0 Å². The molecule has 1 aromatic heterocycles. The second-order valence-electron chi connectivity index (χ2n) is 5.28. The summed E-state index contributed by atoms with van der Waals surface area (Å²) in [5.74, 6) is 1.93. The van der Waals surface area contributed by atoms with Gasteiger partial charge in [-0.3, -0.25) is 0 Å². The summed E-state index contributed by atoms with van der Waals surface area (Å²) in [7, 11) is 0. The van der Waals surface area contributed by atoms with Crippen LogP contribution < -0.4 is 5.73 Å². The summed E-state index contributed by atoms with van der Waals surface area (Å²) in [5, 5.41) is 0. The van der Waals surface area contributed by atoms with Gasteiger partial charge in [-0.15, -0.1) is 0 Å². The lowest BCUT2D eigenvalue weighted by atomic mass is 10.1. The molecule has 0 saturated heterocycles. The van der Waals surface area contributed by atoms with Crippen LogP contribution in [-0.2, 0) is 19.3 Å². The van der Waals surface area contributed by atoms with Crippen LogP contribution in [0.2, 0.25) is 0 Å². The number of hydrogen-bond acceptors (Lipinski definition) is 2. The second kappa shape index (κ2) is 4.62. The predicted molar refractivity (Wildman–Crippen MR) is 73.5 cm³/mol. The maximum atomic E-state index is 5.86. The van der Waals surface area contributed by atoms with Crippen molar-refractivity contribution in [2.24, 2.45) is 5.73 Å². The number of aryl methyl sites for hydroxylation is 2. The molecular weight excluding hydrogens is 222 g/mol. The normalized spacial score (nSPS) is 15.7. The molecule has 1 aliphatic carbocycles. The molecule has 0 radical (unpaired) electrons. The van der Waals surface area contributed by atoms with Gasteiger partial charge in [0.05, 0.1) is 0 Å². The fraction of sp³-hybridized carbons (Fsp3) is 0.375. The second-order valence-corrected chi connectivity index (χ2v) is 5.28. The van der Waals surface area contributed by atoms with E-state index in [1.807, 2.05) is 19.1 Å². The molecule has 3 rings (SSSR count). The molecule has 1 aromatic carbocycles. The standard InChI is InChI=1S/C16H19NO/c1-11(17)9-15-7-8-16(18-15)14-6-5-12-3-2-4-13(12)10-14/h5-8,10-11H,2-4,9,17H2,1H3. The maximum absolute atomic E-state index is 5.86. The molecule has 0 aliphatic heterocycles. The van der Waals surface area contributed by atoms with Crippen LogP contribution in [-0.4, -0.2) is 6.04 Å². The average Bonchev–Trinajstić information content (AvgIpc) is 2.95. The lowest BCUT2D eigenvalue weighted by molar-refractivity contribution is 0.503. The van der Waals surface area contributed by atoms with Gasteiger partial charge in [-0.25, -0.2) is 0 Å². The Kier molecular flexibility index (Phi) is 2.96. The molecule has 1 unspecified atom stereocenters. The largest absolute Gasteiger partial charge is 0.461 e. The highest BCUT2D eigenvalue weighted by Crippen LogP contribution is 2.29. The summed E-state index contributed by atoms with van der Waals surface area (Å²) in [5.41, 5.74) is 9.96. The van der Waals surface area contributed by atoms with Crippen molar-refractivity contribution in [2.75, 3.05) is 0 Å². The van der Waals surface area contributed by atoms with Crippen LogP contribution in [0.3, 0.4) is 0 Å². The van der Waals surface area contributed by atoms with Crippen molar-refractivity contribution >= 4 is 0 Å². The Balaban J connectivity index is 1.88. The van der Waals surface area contributed by atoms with Crippen molar-refractivity contribution in [1.29, 1.82) is 0 Å². The van der Waals surface area contributed by atoms with Crippen LogP contribution in [0.5, 0.6) is 0 Å². The van der Waals surface area contributed by atoms with Crippen molar-refractivity contribution in [3.05, 3.63) is 47.2 Å². The number of rotatable bonds is 3. The molecule has 0 amide bonds. The Morgan fingerprint density at radius 2 is 2.00 bits per heavy atom. The van der Waals surface area contributed by atoms with E-state index in [1.165, 1.54) is 36.0 Å². The molecule has 2 aromatic rings. The Bertz CT molecular complexity index is 554. The molecule has 0 fully saturated rings. The van der Waals surface area contributed by atoms with Crippen LogP contribution in [0, 0.1) is 0 Å². The predicted octanol–water partition coefficient (Wildman–Crippen LogP) is 3.33. The Morgan fingerprint density at radius 3 is 2.83 bits per heavy atom. The third-order valence-electron chi connectivity index (χ3n) is 3.57. The van der Waals surface area contributed by atoms with E-state index in [0.29, 0.717) is 0 Å². The van der Waals surface area contributed by atoms with Crippen molar-refractivity contribution in [3.63, 3.8) is 0 Å². The quantitative estimate of drug-likeness (QED) is 0.895. The van der Waals surface area contributed by atoms with Gasteiger partial charge in [-0.2, -0.15) is 0 Å².